The Balaban J connectivity index is 2.18. The number of imidazole rings is 1. The minimum Gasteiger partial charge on any atom is -0.465 e. The van der Waals surface area contributed by atoms with Gasteiger partial charge >= 0.3 is 5.97 Å². The molecule has 2 aromatic heterocycles. The van der Waals surface area contributed by atoms with Crippen LogP contribution in [-0.4, -0.2) is 37.8 Å². The lowest BCUT2D eigenvalue weighted by Crippen LogP contribution is -2.16. The van der Waals surface area contributed by atoms with Gasteiger partial charge in [0, 0.05) is 0 Å². The fraction of sp³-hybridized carbons (Fsp3) is 0.400. The van der Waals surface area contributed by atoms with Crippen molar-refractivity contribution in [1.82, 2.24) is 19.9 Å². The molecule has 7 heteroatoms. The highest BCUT2D eigenvalue weighted by Crippen LogP contribution is 2.26. The Hall–Kier alpha value is -1.63. The smallest absolute Gasteiger partial charge is 0.319 e. The molecule has 90 valence electrons. The first-order valence-corrected chi connectivity index (χ1v) is 6.07. The average Bonchev–Trinajstić information content (AvgIpc) is 2.78. The zero-order valence-electron chi connectivity index (χ0n) is 9.51. The van der Waals surface area contributed by atoms with E-state index in [0.717, 1.165) is 5.52 Å². The summed E-state index contributed by atoms with van der Waals surface area (Å²) >= 11 is 1.33. The highest BCUT2D eigenvalue weighted by molar-refractivity contribution is 8.00. The van der Waals surface area contributed by atoms with Gasteiger partial charge in [-0.25, -0.2) is 15.0 Å². The van der Waals surface area contributed by atoms with Gasteiger partial charge in [-0.1, -0.05) is 11.8 Å². The molecule has 2 aromatic rings. The van der Waals surface area contributed by atoms with Crippen molar-refractivity contribution in [2.45, 2.75) is 24.1 Å². The highest BCUT2D eigenvalue weighted by Gasteiger charge is 2.18. The van der Waals surface area contributed by atoms with E-state index in [9.17, 15) is 4.79 Å². The van der Waals surface area contributed by atoms with Gasteiger partial charge in [-0.15, -0.1) is 0 Å². The summed E-state index contributed by atoms with van der Waals surface area (Å²) in [5.74, 6) is -0.247. The zero-order valence-corrected chi connectivity index (χ0v) is 10.3. The molecule has 2 rings (SSSR count). The molecule has 0 aliphatic heterocycles. The van der Waals surface area contributed by atoms with Gasteiger partial charge in [0.05, 0.1) is 12.9 Å². The first kappa shape index (κ1) is 11.8. The van der Waals surface area contributed by atoms with Crippen LogP contribution in [0.5, 0.6) is 0 Å². The van der Waals surface area contributed by atoms with Crippen LogP contribution < -0.4 is 0 Å². The minimum atomic E-state index is -0.309. The van der Waals surface area contributed by atoms with E-state index < -0.39 is 0 Å². The Morgan fingerprint density at radius 2 is 2.35 bits per heavy atom. The van der Waals surface area contributed by atoms with Gasteiger partial charge in [-0.05, 0) is 13.8 Å². The number of rotatable bonds is 4. The van der Waals surface area contributed by atoms with Gasteiger partial charge in [0.1, 0.15) is 22.1 Å². The first-order chi connectivity index (χ1) is 8.22. The molecule has 0 spiro atoms. The van der Waals surface area contributed by atoms with Gasteiger partial charge in [0.15, 0.2) is 5.65 Å². The van der Waals surface area contributed by atoms with Crippen LogP contribution >= 0.6 is 11.8 Å². The molecule has 1 N–H and O–H groups in total. The molecule has 0 saturated heterocycles. The lowest BCUT2D eigenvalue weighted by molar-refractivity contribution is -0.142. The Morgan fingerprint density at radius 3 is 3.12 bits per heavy atom. The van der Waals surface area contributed by atoms with E-state index in [1.54, 1.807) is 20.2 Å². The molecule has 17 heavy (non-hydrogen) atoms. The molecule has 2 heterocycles. The third-order valence-electron chi connectivity index (χ3n) is 2.10. The molecule has 0 aromatic carbocycles. The second kappa shape index (κ2) is 5.13. The van der Waals surface area contributed by atoms with Gasteiger partial charge in [0.2, 0.25) is 0 Å². The quantitative estimate of drug-likeness (QED) is 0.503. The van der Waals surface area contributed by atoms with Gasteiger partial charge in [0.25, 0.3) is 0 Å². The number of hydrogen-bond acceptors (Lipinski definition) is 6. The summed E-state index contributed by atoms with van der Waals surface area (Å²) in [6, 6.07) is 0. The van der Waals surface area contributed by atoms with Crippen molar-refractivity contribution >= 4 is 28.9 Å². The largest absolute Gasteiger partial charge is 0.465 e. The number of aromatic nitrogens is 4. The zero-order chi connectivity index (χ0) is 12.3. The number of fused-ring (bicyclic) bond motifs is 1. The number of ether oxygens (including phenoxy) is 1. The Kier molecular flexibility index (Phi) is 3.58. The summed E-state index contributed by atoms with van der Waals surface area (Å²) in [7, 11) is 0. The molecular weight excluding hydrogens is 240 g/mol. The predicted molar refractivity (Wildman–Crippen MR) is 63.6 cm³/mol. The maximum absolute atomic E-state index is 11.5. The normalized spacial score (nSPS) is 12.6. The van der Waals surface area contributed by atoms with Crippen molar-refractivity contribution in [2.75, 3.05) is 6.61 Å². The fourth-order valence-electron chi connectivity index (χ4n) is 1.31. The molecule has 0 aliphatic carbocycles. The van der Waals surface area contributed by atoms with Crippen molar-refractivity contribution in [2.24, 2.45) is 0 Å². The first-order valence-electron chi connectivity index (χ1n) is 5.19. The Labute approximate surface area is 102 Å². The topological polar surface area (TPSA) is 80.8 Å². The SMILES string of the molecule is CCOC(=O)[C@H](C)Sc1ncnc2nc[nH]c12. The summed E-state index contributed by atoms with van der Waals surface area (Å²) in [6.07, 6.45) is 2.99. The summed E-state index contributed by atoms with van der Waals surface area (Å²) in [4.78, 5) is 26.6. The van der Waals surface area contributed by atoms with Gasteiger partial charge < -0.3 is 9.72 Å². The van der Waals surface area contributed by atoms with Crippen molar-refractivity contribution in [3.63, 3.8) is 0 Å². The van der Waals surface area contributed by atoms with Crippen LogP contribution in [0.3, 0.4) is 0 Å². The van der Waals surface area contributed by atoms with Crippen LogP contribution in [0, 0.1) is 0 Å². The number of carbonyl (C=O) groups is 1. The number of hydrogen-bond donors (Lipinski definition) is 1. The van der Waals surface area contributed by atoms with E-state index in [1.807, 2.05) is 0 Å². The molecule has 0 aliphatic rings. The van der Waals surface area contributed by atoms with Crippen molar-refractivity contribution in [3.8, 4) is 0 Å². The number of nitrogens with zero attached hydrogens (tertiary/aromatic N) is 3. The highest BCUT2D eigenvalue weighted by atomic mass is 32.2. The number of esters is 1. The second-order valence-electron chi connectivity index (χ2n) is 3.29. The molecule has 0 unspecified atom stereocenters. The van der Waals surface area contributed by atoms with Crippen LogP contribution in [-0.2, 0) is 9.53 Å². The van der Waals surface area contributed by atoms with Gasteiger partial charge in [-0.3, -0.25) is 4.79 Å². The maximum Gasteiger partial charge on any atom is 0.319 e. The number of H-pyrrole nitrogens is 1. The molecule has 0 saturated carbocycles. The third kappa shape index (κ3) is 2.55. The fourth-order valence-corrected chi connectivity index (χ4v) is 2.18. The third-order valence-corrected chi connectivity index (χ3v) is 3.17. The molecule has 6 nitrogen and oxygen atoms in total. The molecule has 0 amide bonds. The number of aromatic amines is 1. The van der Waals surface area contributed by atoms with E-state index in [2.05, 4.69) is 19.9 Å². The van der Waals surface area contributed by atoms with Crippen LogP contribution in [0.1, 0.15) is 13.8 Å². The van der Waals surface area contributed by atoms with Crippen molar-refractivity contribution in [1.29, 1.82) is 0 Å². The standard InChI is InChI=1S/C10H12N4O2S/c1-3-16-10(15)6(2)17-9-7-8(12-4-11-7)13-5-14-9/h4-6H,3H2,1-2H3,(H,11,12,13,14)/t6-/m0/s1. The van der Waals surface area contributed by atoms with E-state index in [4.69, 9.17) is 4.74 Å². The van der Waals surface area contributed by atoms with E-state index >= 15 is 0 Å². The van der Waals surface area contributed by atoms with Crippen molar-refractivity contribution in [3.05, 3.63) is 12.7 Å². The summed E-state index contributed by atoms with van der Waals surface area (Å²) in [5, 5.41) is 0.393. The van der Waals surface area contributed by atoms with Crippen LogP contribution in [0.2, 0.25) is 0 Å². The molecule has 0 fully saturated rings. The van der Waals surface area contributed by atoms with E-state index in [-0.39, 0.29) is 11.2 Å². The number of carbonyl (C=O) groups excluding carboxylic acids is 1. The van der Waals surface area contributed by atoms with Crippen molar-refractivity contribution < 1.29 is 9.53 Å². The van der Waals surface area contributed by atoms with Gasteiger partial charge in [-0.2, -0.15) is 0 Å². The Morgan fingerprint density at radius 1 is 1.53 bits per heavy atom. The summed E-state index contributed by atoms with van der Waals surface area (Å²) < 4.78 is 4.94. The lowest BCUT2D eigenvalue weighted by Gasteiger charge is -2.09. The summed E-state index contributed by atoms with van der Waals surface area (Å²) in [6.45, 7) is 3.95. The summed E-state index contributed by atoms with van der Waals surface area (Å²) in [5.41, 5.74) is 1.34. The second-order valence-corrected chi connectivity index (χ2v) is 4.62. The van der Waals surface area contributed by atoms with E-state index in [1.165, 1.54) is 18.1 Å². The maximum atomic E-state index is 11.5. The predicted octanol–water partition coefficient (Wildman–Crippen LogP) is 1.40. The van der Waals surface area contributed by atoms with Crippen LogP contribution in [0.4, 0.5) is 0 Å². The lowest BCUT2D eigenvalue weighted by atomic mass is 10.5. The number of nitrogens with one attached hydrogen (secondary N) is 1. The Bertz CT molecular complexity index is 528. The molecule has 0 bridgehead atoms. The molecular formula is C10H12N4O2S. The minimum absolute atomic E-state index is 0.247. The molecule has 1 atom stereocenters. The molecule has 0 radical (unpaired) electrons. The van der Waals surface area contributed by atoms with E-state index in [0.29, 0.717) is 17.3 Å². The average molecular weight is 252 g/mol. The van der Waals surface area contributed by atoms with Crippen LogP contribution in [0.15, 0.2) is 17.7 Å². The van der Waals surface area contributed by atoms with Crippen LogP contribution in [0.25, 0.3) is 11.2 Å². The number of thioether (sulfide) groups is 1. The monoisotopic (exact) mass is 252 g/mol.